The molecule has 1 amide bonds. The molecule has 1 rings (SSSR count). The van der Waals surface area contributed by atoms with Gasteiger partial charge in [0, 0.05) is 12.1 Å². The van der Waals surface area contributed by atoms with E-state index in [2.05, 4.69) is 0 Å². The predicted molar refractivity (Wildman–Crippen MR) is 54.7 cm³/mol. The lowest BCUT2D eigenvalue weighted by molar-refractivity contribution is -0.385. The smallest absolute Gasteiger partial charge is 0.311 e. The second-order valence-corrected chi connectivity index (χ2v) is 2.85. The van der Waals surface area contributed by atoms with Crippen LogP contribution in [0.5, 0.6) is 11.5 Å². The number of nitrogens with zero attached hydrogens (tertiary/aromatic N) is 1. The normalized spacial score (nSPS) is 9.62. The number of hydrogen-bond acceptors (Lipinski definition) is 5. The Balaban J connectivity index is 3.46. The molecule has 0 aromatic heterocycles. The van der Waals surface area contributed by atoms with E-state index in [9.17, 15) is 14.9 Å². The molecule has 0 fully saturated rings. The number of amides is 1. The van der Waals surface area contributed by atoms with Gasteiger partial charge in [-0.1, -0.05) is 0 Å². The molecule has 0 saturated carbocycles. The largest absolute Gasteiger partial charge is 0.496 e. The molecule has 1 aromatic carbocycles. The highest BCUT2D eigenvalue weighted by Crippen LogP contribution is 2.33. The summed E-state index contributed by atoms with van der Waals surface area (Å²) in [7, 11) is 2.61. The van der Waals surface area contributed by atoms with Gasteiger partial charge in [-0.2, -0.15) is 0 Å². The molecule has 0 spiro atoms. The molecule has 16 heavy (non-hydrogen) atoms. The molecule has 0 aliphatic heterocycles. The topological polar surface area (TPSA) is 105 Å². The summed E-state index contributed by atoms with van der Waals surface area (Å²) in [6, 6.07) is 2.28. The molecule has 0 atom stereocenters. The van der Waals surface area contributed by atoms with Crippen LogP contribution in [-0.2, 0) is 0 Å². The van der Waals surface area contributed by atoms with E-state index in [-0.39, 0.29) is 22.7 Å². The SMILES string of the molecule is COc1cc(OC)c([N+](=O)[O-])cc1C(N)=O. The van der Waals surface area contributed by atoms with Gasteiger partial charge in [0.2, 0.25) is 5.75 Å². The molecule has 7 nitrogen and oxygen atoms in total. The third-order valence-corrected chi connectivity index (χ3v) is 1.96. The van der Waals surface area contributed by atoms with Crippen molar-refractivity contribution in [2.24, 2.45) is 5.73 Å². The van der Waals surface area contributed by atoms with Crippen LogP contribution in [0, 0.1) is 10.1 Å². The molecule has 0 aliphatic carbocycles. The van der Waals surface area contributed by atoms with E-state index in [1.54, 1.807) is 0 Å². The summed E-state index contributed by atoms with van der Waals surface area (Å²) >= 11 is 0. The maximum Gasteiger partial charge on any atom is 0.311 e. The Hall–Kier alpha value is -2.31. The van der Waals surface area contributed by atoms with Crippen LogP contribution in [0.15, 0.2) is 12.1 Å². The molecule has 0 unspecified atom stereocenters. The van der Waals surface area contributed by atoms with E-state index in [4.69, 9.17) is 15.2 Å². The van der Waals surface area contributed by atoms with Gasteiger partial charge in [-0.05, 0) is 0 Å². The van der Waals surface area contributed by atoms with E-state index >= 15 is 0 Å². The average Bonchev–Trinajstić information content (AvgIpc) is 2.26. The molecule has 0 bridgehead atoms. The molecule has 7 heteroatoms. The molecular formula is C9H10N2O5. The fourth-order valence-corrected chi connectivity index (χ4v) is 1.22. The van der Waals surface area contributed by atoms with Crippen molar-refractivity contribution < 1.29 is 19.2 Å². The number of hydrogen-bond donors (Lipinski definition) is 1. The van der Waals surface area contributed by atoms with E-state index in [0.29, 0.717) is 0 Å². The lowest BCUT2D eigenvalue weighted by Gasteiger charge is -2.08. The molecule has 2 N–H and O–H groups in total. The number of methoxy groups -OCH3 is 2. The van der Waals surface area contributed by atoms with Crippen molar-refractivity contribution in [2.45, 2.75) is 0 Å². The Morgan fingerprint density at radius 1 is 1.31 bits per heavy atom. The van der Waals surface area contributed by atoms with E-state index in [0.717, 1.165) is 6.07 Å². The van der Waals surface area contributed by atoms with Gasteiger partial charge >= 0.3 is 5.69 Å². The summed E-state index contributed by atoms with van der Waals surface area (Å²) in [6.07, 6.45) is 0. The highest BCUT2D eigenvalue weighted by molar-refractivity contribution is 5.96. The zero-order valence-electron chi connectivity index (χ0n) is 8.72. The Kier molecular flexibility index (Phi) is 3.29. The first-order valence-corrected chi connectivity index (χ1v) is 4.21. The number of rotatable bonds is 4. The second kappa shape index (κ2) is 4.47. The fraction of sp³-hybridized carbons (Fsp3) is 0.222. The highest BCUT2D eigenvalue weighted by atomic mass is 16.6. The minimum Gasteiger partial charge on any atom is -0.496 e. The van der Waals surface area contributed by atoms with Gasteiger partial charge in [-0.25, -0.2) is 0 Å². The van der Waals surface area contributed by atoms with Gasteiger partial charge in [0.15, 0.2) is 0 Å². The van der Waals surface area contributed by atoms with Gasteiger partial charge < -0.3 is 15.2 Å². The van der Waals surface area contributed by atoms with Crippen molar-refractivity contribution in [3.05, 3.63) is 27.8 Å². The fourth-order valence-electron chi connectivity index (χ4n) is 1.22. The highest BCUT2D eigenvalue weighted by Gasteiger charge is 2.21. The van der Waals surface area contributed by atoms with Crippen LogP contribution in [-0.4, -0.2) is 25.1 Å². The third kappa shape index (κ3) is 2.02. The second-order valence-electron chi connectivity index (χ2n) is 2.85. The van der Waals surface area contributed by atoms with Crippen LogP contribution in [0.2, 0.25) is 0 Å². The number of benzene rings is 1. The molecule has 86 valence electrons. The molecule has 0 heterocycles. The number of nitro groups is 1. The minimum absolute atomic E-state index is 0.00634. The predicted octanol–water partition coefficient (Wildman–Crippen LogP) is 0.711. The molecule has 0 aliphatic rings. The van der Waals surface area contributed by atoms with Crippen LogP contribution in [0.25, 0.3) is 0 Å². The Morgan fingerprint density at radius 2 is 1.88 bits per heavy atom. The molecule has 0 saturated heterocycles. The minimum atomic E-state index is -0.803. The van der Waals surface area contributed by atoms with E-state index < -0.39 is 10.8 Å². The summed E-state index contributed by atoms with van der Waals surface area (Å²) in [6.45, 7) is 0. The summed E-state index contributed by atoms with van der Waals surface area (Å²) in [5, 5.41) is 10.7. The number of nitro benzene ring substituents is 1. The van der Waals surface area contributed by atoms with Gasteiger partial charge in [-0.15, -0.1) is 0 Å². The van der Waals surface area contributed by atoms with Gasteiger partial charge in [0.1, 0.15) is 5.75 Å². The zero-order chi connectivity index (χ0) is 12.3. The summed E-state index contributed by atoms with van der Waals surface area (Å²) in [5.41, 5.74) is 4.67. The number of ether oxygens (including phenoxy) is 2. The lowest BCUT2D eigenvalue weighted by Crippen LogP contribution is -2.13. The van der Waals surface area contributed by atoms with E-state index in [1.165, 1.54) is 20.3 Å². The maximum absolute atomic E-state index is 11.0. The van der Waals surface area contributed by atoms with Crippen molar-refractivity contribution in [3.63, 3.8) is 0 Å². The first-order valence-electron chi connectivity index (χ1n) is 4.21. The Labute approximate surface area is 90.9 Å². The molecular weight excluding hydrogens is 216 g/mol. The van der Waals surface area contributed by atoms with Crippen LogP contribution in [0.1, 0.15) is 10.4 Å². The Morgan fingerprint density at radius 3 is 2.25 bits per heavy atom. The molecule has 1 aromatic rings. The first kappa shape index (κ1) is 11.8. The van der Waals surface area contributed by atoms with Crippen molar-refractivity contribution in [1.29, 1.82) is 0 Å². The zero-order valence-corrected chi connectivity index (χ0v) is 8.72. The lowest BCUT2D eigenvalue weighted by atomic mass is 10.1. The number of nitrogens with two attached hydrogens (primary N) is 1. The van der Waals surface area contributed by atoms with Gasteiger partial charge in [0.25, 0.3) is 5.91 Å². The van der Waals surface area contributed by atoms with Crippen molar-refractivity contribution >= 4 is 11.6 Å². The summed E-state index contributed by atoms with van der Waals surface area (Å²) in [4.78, 5) is 21.1. The monoisotopic (exact) mass is 226 g/mol. The van der Waals surface area contributed by atoms with Gasteiger partial charge in [-0.3, -0.25) is 14.9 Å². The van der Waals surface area contributed by atoms with Crippen molar-refractivity contribution in [3.8, 4) is 11.5 Å². The number of carbonyl (C=O) groups excluding carboxylic acids is 1. The van der Waals surface area contributed by atoms with E-state index in [1.807, 2.05) is 0 Å². The standard InChI is InChI=1S/C9H10N2O5/c1-15-7-4-8(16-2)6(11(13)14)3-5(7)9(10)12/h3-4H,1-2H3,(H2,10,12). The Bertz CT molecular complexity index is 407. The summed E-state index contributed by atoms with van der Waals surface area (Å²) < 4.78 is 9.69. The van der Waals surface area contributed by atoms with Crippen LogP contribution < -0.4 is 15.2 Å². The van der Waals surface area contributed by atoms with Crippen molar-refractivity contribution in [1.82, 2.24) is 0 Å². The maximum atomic E-state index is 11.0. The summed E-state index contributed by atoms with van der Waals surface area (Å²) in [5.74, 6) is -0.663. The van der Waals surface area contributed by atoms with Crippen LogP contribution >= 0.6 is 0 Å². The van der Waals surface area contributed by atoms with Crippen LogP contribution in [0.3, 0.4) is 0 Å². The number of carbonyl (C=O) groups is 1. The number of primary amides is 1. The molecule has 0 radical (unpaired) electrons. The third-order valence-electron chi connectivity index (χ3n) is 1.96. The average molecular weight is 226 g/mol. The first-order chi connectivity index (χ1) is 7.51. The van der Waals surface area contributed by atoms with Crippen LogP contribution in [0.4, 0.5) is 5.69 Å². The quantitative estimate of drug-likeness (QED) is 0.601. The van der Waals surface area contributed by atoms with Crippen molar-refractivity contribution in [2.75, 3.05) is 14.2 Å². The van der Waals surface area contributed by atoms with Gasteiger partial charge in [0.05, 0.1) is 24.7 Å².